The first-order chi connectivity index (χ1) is 9.35. The lowest BCUT2D eigenvalue weighted by Gasteiger charge is -2.17. The predicted molar refractivity (Wildman–Crippen MR) is 73.5 cm³/mol. The van der Waals surface area contributed by atoms with Crippen molar-refractivity contribution in [1.82, 2.24) is 19.6 Å². The number of rotatable bonds is 4. The van der Waals surface area contributed by atoms with Crippen molar-refractivity contribution >= 4 is 23.3 Å². The van der Waals surface area contributed by atoms with Gasteiger partial charge in [-0.1, -0.05) is 26.2 Å². The van der Waals surface area contributed by atoms with E-state index in [0.717, 1.165) is 22.5 Å². The summed E-state index contributed by atoms with van der Waals surface area (Å²) in [6.07, 6.45) is 7.07. The normalized spacial score (nSPS) is 16.9. The fourth-order valence-electron chi connectivity index (χ4n) is 2.27. The highest BCUT2D eigenvalue weighted by Crippen LogP contribution is 2.34. The van der Waals surface area contributed by atoms with E-state index in [4.69, 9.17) is 4.42 Å². The molecule has 5 nitrogen and oxygen atoms in total. The number of hydrogen-bond acceptors (Lipinski definition) is 7. The minimum atomic E-state index is 0.455. The average molecular weight is 296 g/mol. The molecule has 0 radical (unpaired) electrons. The van der Waals surface area contributed by atoms with E-state index < -0.39 is 0 Å². The zero-order valence-electron chi connectivity index (χ0n) is 10.8. The monoisotopic (exact) mass is 296 g/mol. The van der Waals surface area contributed by atoms with Crippen molar-refractivity contribution < 1.29 is 4.42 Å². The van der Waals surface area contributed by atoms with Crippen LogP contribution >= 0.6 is 23.3 Å². The summed E-state index contributed by atoms with van der Waals surface area (Å²) >= 11 is 2.80. The van der Waals surface area contributed by atoms with Crippen LogP contribution in [0.3, 0.4) is 0 Å². The van der Waals surface area contributed by atoms with E-state index in [-0.39, 0.29) is 0 Å². The van der Waals surface area contributed by atoms with Crippen molar-refractivity contribution in [2.24, 2.45) is 0 Å². The van der Waals surface area contributed by atoms with Crippen LogP contribution in [0.15, 0.2) is 14.0 Å². The number of hydrogen-bond donors (Lipinski definition) is 0. The smallest absolute Gasteiger partial charge is 0.283 e. The highest BCUT2D eigenvalue weighted by molar-refractivity contribution is 8.00. The third-order valence-corrected chi connectivity index (χ3v) is 4.95. The fraction of sp³-hybridized carbons (Fsp3) is 0.667. The fourth-order valence-corrected chi connectivity index (χ4v) is 3.76. The van der Waals surface area contributed by atoms with Crippen molar-refractivity contribution in [2.75, 3.05) is 0 Å². The molecule has 0 unspecified atom stereocenters. The Labute approximate surface area is 120 Å². The van der Waals surface area contributed by atoms with Crippen LogP contribution in [0.25, 0.3) is 0 Å². The maximum atomic E-state index is 5.75. The van der Waals surface area contributed by atoms with Crippen molar-refractivity contribution in [3.05, 3.63) is 11.7 Å². The molecule has 7 heteroatoms. The molecule has 2 aromatic heterocycles. The highest BCUT2D eigenvalue weighted by Gasteiger charge is 2.21. The molecule has 1 aliphatic carbocycles. The molecule has 1 aliphatic rings. The van der Waals surface area contributed by atoms with Crippen molar-refractivity contribution in [2.45, 2.75) is 60.9 Å². The molecule has 0 N–H and O–H groups in total. The van der Waals surface area contributed by atoms with E-state index >= 15 is 0 Å². The minimum absolute atomic E-state index is 0.455. The first kappa shape index (κ1) is 13.1. The first-order valence-corrected chi connectivity index (χ1v) is 8.28. The lowest BCUT2D eigenvalue weighted by molar-refractivity contribution is 0.334. The zero-order chi connectivity index (χ0) is 13.1. The maximum absolute atomic E-state index is 5.75. The number of nitrogens with zero attached hydrogens (tertiary/aromatic N) is 4. The maximum Gasteiger partial charge on any atom is 0.283 e. The quantitative estimate of drug-likeness (QED) is 0.857. The van der Waals surface area contributed by atoms with Gasteiger partial charge < -0.3 is 4.42 Å². The summed E-state index contributed by atoms with van der Waals surface area (Å²) in [6, 6.07) is 0. The Balaban J connectivity index is 1.67. The van der Waals surface area contributed by atoms with Gasteiger partial charge in [-0.3, -0.25) is 0 Å². The molecule has 0 saturated heterocycles. The molecule has 102 valence electrons. The second-order valence-corrected chi connectivity index (χ2v) is 6.62. The van der Waals surface area contributed by atoms with Gasteiger partial charge in [-0.15, -0.1) is 10.2 Å². The van der Waals surface area contributed by atoms with Gasteiger partial charge in [0.1, 0.15) is 5.82 Å². The van der Waals surface area contributed by atoms with Crippen LogP contribution in [0.5, 0.6) is 0 Å². The largest absolute Gasteiger partial charge is 0.415 e. The van der Waals surface area contributed by atoms with Crippen LogP contribution in [-0.4, -0.2) is 19.6 Å². The van der Waals surface area contributed by atoms with E-state index in [9.17, 15) is 0 Å². The van der Waals surface area contributed by atoms with Gasteiger partial charge in [0.05, 0.1) is 0 Å². The highest BCUT2D eigenvalue weighted by atomic mass is 32.2. The molecule has 2 aromatic rings. The molecule has 0 aliphatic heterocycles. The van der Waals surface area contributed by atoms with Crippen molar-refractivity contribution in [3.63, 3.8) is 0 Å². The van der Waals surface area contributed by atoms with E-state index in [0.29, 0.717) is 11.1 Å². The molecular weight excluding hydrogens is 280 g/mol. The Bertz CT molecular complexity index is 533. The average Bonchev–Trinajstić information content (AvgIpc) is 3.09. The topological polar surface area (TPSA) is 64.7 Å². The minimum Gasteiger partial charge on any atom is -0.415 e. The van der Waals surface area contributed by atoms with Crippen LogP contribution in [0, 0.1) is 0 Å². The van der Waals surface area contributed by atoms with Gasteiger partial charge in [0.2, 0.25) is 5.89 Å². The van der Waals surface area contributed by atoms with Crippen LogP contribution in [-0.2, 0) is 6.42 Å². The Morgan fingerprint density at radius 3 is 2.84 bits per heavy atom. The summed E-state index contributed by atoms with van der Waals surface area (Å²) < 4.78 is 10.9. The van der Waals surface area contributed by atoms with Crippen molar-refractivity contribution in [3.8, 4) is 0 Å². The summed E-state index contributed by atoms with van der Waals surface area (Å²) in [5, 5.41) is 8.87. The molecule has 0 bridgehead atoms. The van der Waals surface area contributed by atoms with Gasteiger partial charge in [-0.05, 0) is 24.4 Å². The molecule has 3 rings (SSSR count). The van der Waals surface area contributed by atoms with E-state index in [1.54, 1.807) is 0 Å². The second kappa shape index (κ2) is 6.00. The van der Waals surface area contributed by atoms with Crippen LogP contribution < -0.4 is 0 Å². The van der Waals surface area contributed by atoms with Gasteiger partial charge in [0.25, 0.3) is 5.22 Å². The predicted octanol–water partition coefficient (Wildman–Crippen LogP) is 3.68. The Morgan fingerprint density at radius 2 is 2.11 bits per heavy atom. The summed E-state index contributed by atoms with van der Waals surface area (Å²) in [6.45, 7) is 2.05. The SMILES string of the molecule is CCc1nsc(Sc2nnc(C3CCCCC3)o2)n1. The second-order valence-electron chi connectivity index (χ2n) is 4.67. The lowest BCUT2D eigenvalue weighted by atomic mass is 9.89. The zero-order valence-corrected chi connectivity index (χ0v) is 12.5. The molecule has 0 spiro atoms. The molecule has 0 amide bonds. The molecule has 1 fully saturated rings. The lowest BCUT2D eigenvalue weighted by Crippen LogP contribution is -2.04. The molecule has 1 saturated carbocycles. The molecular formula is C12H16N4OS2. The van der Waals surface area contributed by atoms with E-state index in [1.165, 1.54) is 55.4 Å². The van der Waals surface area contributed by atoms with Gasteiger partial charge in [-0.2, -0.15) is 4.37 Å². The van der Waals surface area contributed by atoms with E-state index in [2.05, 4.69) is 19.6 Å². The molecule has 0 atom stereocenters. The van der Waals surface area contributed by atoms with Crippen LogP contribution in [0.4, 0.5) is 0 Å². The molecule has 0 aromatic carbocycles. The first-order valence-electron chi connectivity index (χ1n) is 6.69. The van der Waals surface area contributed by atoms with Gasteiger partial charge in [0, 0.05) is 24.1 Å². The Morgan fingerprint density at radius 1 is 1.26 bits per heavy atom. The number of aryl methyl sites for hydroxylation is 1. The van der Waals surface area contributed by atoms with E-state index in [1.807, 2.05) is 6.92 Å². The van der Waals surface area contributed by atoms with Crippen molar-refractivity contribution in [1.29, 1.82) is 0 Å². The Hall–Kier alpha value is -0.950. The van der Waals surface area contributed by atoms with Crippen LogP contribution in [0.2, 0.25) is 0 Å². The molecule has 19 heavy (non-hydrogen) atoms. The summed E-state index contributed by atoms with van der Waals surface area (Å²) in [7, 11) is 0. The standard InChI is InChI=1S/C12H16N4OS2/c1-2-9-13-12(19-16-9)18-11-15-14-10(17-11)8-6-4-3-5-7-8/h8H,2-7H2,1H3. The number of aromatic nitrogens is 4. The van der Waals surface area contributed by atoms with Gasteiger partial charge in [-0.25, -0.2) is 4.98 Å². The van der Waals surface area contributed by atoms with Gasteiger partial charge >= 0.3 is 0 Å². The summed E-state index contributed by atoms with van der Waals surface area (Å²) in [5.74, 6) is 2.12. The molecule has 2 heterocycles. The summed E-state index contributed by atoms with van der Waals surface area (Å²) in [4.78, 5) is 4.39. The van der Waals surface area contributed by atoms with Crippen LogP contribution in [0.1, 0.15) is 56.7 Å². The Kier molecular flexibility index (Phi) is 4.12. The third-order valence-electron chi connectivity index (χ3n) is 3.32. The third kappa shape index (κ3) is 3.14. The summed E-state index contributed by atoms with van der Waals surface area (Å²) in [5.41, 5.74) is 0. The van der Waals surface area contributed by atoms with Gasteiger partial charge in [0.15, 0.2) is 4.34 Å².